The first-order valence-electron chi connectivity index (χ1n) is 6.82. The van der Waals surface area contributed by atoms with E-state index in [4.69, 9.17) is 0 Å². The highest BCUT2D eigenvalue weighted by molar-refractivity contribution is 9.10. The second-order valence-electron chi connectivity index (χ2n) is 5.45. The highest BCUT2D eigenvalue weighted by atomic mass is 79.9. The summed E-state index contributed by atoms with van der Waals surface area (Å²) in [6.45, 7) is 2.62. The molecule has 0 N–H and O–H groups in total. The molecule has 17 heavy (non-hydrogen) atoms. The van der Waals surface area contributed by atoms with E-state index >= 15 is 0 Å². The molecule has 3 rings (SSSR count). The Labute approximate surface area is 112 Å². The van der Waals surface area contributed by atoms with Crippen molar-refractivity contribution in [1.82, 2.24) is 4.90 Å². The zero-order valence-corrected chi connectivity index (χ0v) is 11.8. The molecule has 2 aliphatic rings. The molecule has 1 heterocycles. The van der Waals surface area contributed by atoms with Crippen LogP contribution in [0.3, 0.4) is 0 Å². The molecular weight excluding hydrogens is 274 g/mol. The number of hydrogen-bond acceptors (Lipinski definition) is 1. The summed E-state index contributed by atoms with van der Waals surface area (Å²) in [4.78, 5) is 2.72. The number of hydrogen-bond donors (Lipinski definition) is 0. The molecule has 1 aromatic carbocycles. The van der Waals surface area contributed by atoms with Gasteiger partial charge >= 0.3 is 0 Å². The maximum atomic E-state index is 3.51. The minimum absolute atomic E-state index is 0.791. The monoisotopic (exact) mass is 293 g/mol. The molecular formula is C15H20BrN. The molecule has 0 atom stereocenters. The van der Waals surface area contributed by atoms with Gasteiger partial charge < -0.3 is 4.90 Å². The smallest absolute Gasteiger partial charge is 0.0175 e. The third-order valence-corrected chi connectivity index (χ3v) is 4.99. The lowest BCUT2D eigenvalue weighted by Crippen LogP contribution is -2.44. The van der Waals surface area contributed by atoms with Gasteiger partial charge in [-0.05, 0) is 62.4 Å². The molecule has 1 nitrogen and oxygen atoms in total. The fourth-order valence-corrected chi connectivity index (χ4v) is 3.35. The van der Waals surface area contributed by atoms with Crippen molar-refractivity contribution in [2.24, 2.45) is 0 Å². The van der Waals surface area contributed by atoms with Gasteiger partial charge in [-0.1, -0.05) is 34.5 Å². The van der Waals surface area contributed by atoms with E-state index in [1.165, 1.54) is 55.2 Å². The molecule has 0 amide bonds. The Balaban J connectivity index is 1.58. The summed E-state index contributed by atoms with van der Waals surface area (Å²) in [5.41, 5.74) is 1.53. The second-order valence-corrected chi connectivity index (χ2v) is 6.36. The highest BCUT2D eigenvalue weighted by Gasteiger charge is 2.28. The van der Waals surface area contributed by atoms with E-state index < -0.39 is 0 Å². The molecule has 0 aromatic heterocycles. The van der Waals surface area contributed by atoms with Crippen molar-refractivity contribution < 1.29 is 0 Å². The van der Waals surface area contributed by atoms with Crippen molar-refractivity contribution in [1.29, 1.82) is 0 Å². The van der Waals surface area contributed by atoms with E-state index in [0.29, 0.717) is 0 Å². The van der Waals surface area contributed by atoms with Crippen molar-refractivity contribution in [2.75, 3.05) is 13.1 Å². The largest absolute Gasteiger partial charge is 0.300 e. The average Bonchev–Trinajstić information content (AvgIpc) is 2.29. The van der Waals surface area contributed by atoms with Crippen LogP contribution in [-0.2, 0) is 0 Å². The molecule has 2 heteroatoms. The predicted molar refractivity (Wildman–Crippen MR) is 75.3 cm³/mol. The minimum Gasteiger partial charge on any atom is -0.300 e. The minimum atomic E-state index is 0.791. The fourth-order valence-electron chi connectivity index (χ4n) is 3.08. The van der Waals surface area contributed by atoms with Gasteiger partial charge in [0.15, 0.2) is 0 Å². The molecule has 92 valence electrons. The Bertz CT molecular complexity index is 361. The molecule has 0 spiro atoms. The lowest BCUT2D eigenvalue weighted by molar-refractivity contribution is 0.0975. The summed E-state index contributed by atoms with van der Waals surface area (Å²) < 4.78 is 1.19. The second kappa shape index (κ2) is 5.11. The number of piperidine rings is 1. The summed E-state index contributed by atoms with van der Waals surface area (Å²) in [7, 11) is 0. The maximum Gasteiger partial charge on any atom is 0.0175 e. The summed E-state index contributed by atoms with van der Waals surface area (Å²) >= 11 is 3.51. The van der Waals surface area contributed by atoms with Gasteiger partial charge in [0.05, 0.1) is 0 Å². The van der Waals surface area contributed by atoms with Gasteiger partial charge in [0, 0.05) is 10.5 Å². The van der Waals surface area contributed by atoms with Crippen molar-refractivity contribution in [3.05, 3.63) is 34.3 Å². The number of nitrogens with zero attached hydrogens (tertiary/aromatic N) is 1. The maximum absolute atomic E-state index is 3.51. The van der Waals surface area contributed by atoms with Gasteiger partial charge in [-0.15, -0.1) is 0 Å². The molecule has 1 aromatic rings. The lowest BCUT2D eigenvalue weighted by atomic mass is 9.85. The van der Waals surface area contributed by atoms with Gasteiger partial charge in [0.25, 0.3) is 0 Å². The van der Waals surface area contributed by atoms with Gasteiger partial charge in [0.1, 0.15) is 0 Å². The zero-order chi connectivity index (χ0) is 11.7. The van der Waals surface area contributed by atoms with E-state index in [9.17, 15) is 0 Å². The van der Waals surface area contributed by atoms with E-state index in [1.807, 2.05) is 0 Å². The van der Waals surface area contributed by atoms with Crippen LogP contribution in [-0.4, -0.2) is 24.0 Å². The number of likely N-dealkylation sites (tertiary alicyclic amines) is 1. The van der Waals surface area contributed by atoms with Crippen LogP contribution in [0.4, 0.5) is 0 Å². The first-order valence-corrected chi connectivity index (χ1v) is 7.62. The molecule has 2 fully saturated rings. The van der Waals surface area contributed by atoms with Crippen molar-refractivity contribution in [3.8, 4) is 0 Å². The van der Waals surface area contributed by atoms with Crippen molar-refractivity contribution in [2.45, 2.75) is 44.1 Å². The van der Waals surface area contributed by atoms with Crippen LogP contribution in [0.25, 0.3) is 0 Å². The molecule has 1 aliphatic heterocycles. The van der Waals surface area contributed by atoms with Crippen molar-refractivity contribution >= 4 is 15.9 Å². The normalized spacial score (nSPS) is 23.6. The number of halogens is 1. The lowest BCUT2D eigenvalue weighted by Gasteiger charge is -2.41. The van der Waals surface area contributed by atoms with Gasteiger partial charge in [-0.3, -0.25) is 0 Å². The Morgan fingerprint density at radius 1 is 0.941 bits per heavy atom. The van der Waals surface area contributed by atoms with E-state index in [0.717, 1.165) is 12.0 Å². The molecule has 1 saturated heterocycles. The summed E-state index contributed by atoms with van der Waals surface area (Å²) in [6, 6.07) is 9.85. The van der Waals surface area contributed by atoms with Crippen molar-refractivity contribution in [3.63, 3.8) is 0 Å². The average molecular weight is 294 g/mol. The molecule has 1 saturated carbocycles. The fraction of sp³-hybridized carbons (Fsp3) is 0.600. The standard InChI is InChI=1S/C15H20BrN/c16-14-6-4-12(5-7-14)13-8-10-17(11-9-13)15-2-1-3-15/h4-7,13,15H,1-3,8-11H2. The quantitative estimate of drug-likeness (QED) is 0.791. The Morgan fingerprint density at radius 2 is 1.59 bits per heavy atom. The Kier molecular flexibility index (Phi) is 3.53. The third-order valence-electron chi connectivity index (χ3n) is 4.46. The van der Waals surface area contributed by atoms with E-state index in [1.54, 1.807) is 0 Å². The third kappa shape index (κ3) is 2.58. The molecule has 0 radical (unpaired) electrons. The van der Waals surface area contributed by atoms with Crippen LogP contribution >= 0.6 is 15.9 Å². The van der Waals surface area contributed by atoms with Crippen LogP contribution in [0.5, 0.6) is 0 Å². The topological polar surface area (TPSA) is 3.24 Å². The molecule has 0 bridgehead atoms. The SMILES string of the molecule is Brc1ccc(C2CCN(C3CCC3)CC2)cc1. The van der Waals surface area contributed by atoms with Crippen LogP contribution in [0, 0.1) is 0 Å². The van der Waals surface area contributed by atoms with Gasteiger partial charge in [0.2, 0.25) is 0 Å². The number of benzene rings is 1. The number of rotatable bonds is 2. The molecule has 1 aliphatic carbocycles. The first-order chi connectivity index (χ1) is 8.33. The van der Waals surface area contributed by atoms with E-state index in [-0.39, 0.29) is 0 Å². The first kappa shape index (κ1) is 11.7. The van der Waals surface area contributed by atoms with Gasteiger partial charge in [-0.2, -0.15) is 0 Å². The highest BCUT2D eigenvalue weighted by Crippen LogP contribution is 2.33. The van der Waals surface area contributed by atoms with Gasteiger partial charge in [-0.25, -0.2) is 0 Å². The van der Waals surface area contributed by atoms with Crippen LogP contribution in [0.2, 0.25) is 0 Å². The summed E-state index contributed by atoms with van der Waals surface area (Å²) in [5, 5.41) is 0. The van der Waals surface area contributed by atoms with Crippen LogP contribution < -0.4 is 0 Å². The van der Waals surface area contributed by atoms with Crippen LogP contribution in [0.15, 0.2) is 28.7 Å². The zero-order valence-electron chi connectivity index (χ0n) is 10.2. The van der Waals surface area contributed by atoms with Crippen LogP contribution in [0.1, 0.15) is 43.6 Å². The Hall–Kier alpha value is -0.340. The predicted octanol–water partition coefficient (Wildman–Crippen LogP) is 4.18. The Morgan fingerprint density at radius 3 is 2.12 bits per heavy atom. The molecule has 0 unspecified atom stereocenters. The van der Waals surface area contributed by atoms with E-state index in [2.05, 4.69) is 45.1 Å². The summed E-state index contributed by atoms with van der Waals surface area (Å²) in [6.07, 6.45) is 7.04. The summed E-state index contributed by atoms with van der Waals surface area (Å²) in [5.74, 6) is 0.791.